The Morgan fingerprint density at radius 2 is 2.15 bits per heavy atom. The summed E-state index contributed by atoms with van der Waals surface area (Å²) in [5.74, 6) is 2.86. The van der Waals surface area contributed by atoms with E-state index in [4.69, 9.17) is 11.5 Å². The lowest BCUT2D eigenvalue weighted by atomic mass is 10.2. The van der Waals surface area contributed by atoms with Crippen molar-refractivity contribution in [3.63, 3.8) is 0 Å². The lowest BCUT2D eigenvalue weighted by Crippen LogP contribution is -2.06. The van der Waals surface area contributed by atoms with E-state index in [0.29, 0.717) is 0 Å². The average molecular weight is 178 g/mol. The highest BCUT2D eigenvalue weighted by atomic mass is 19.1. The molecule has 0 unspecified atom stereocenters. The molecule has 0 aliphatic rings. The minimum atomic E-state index is -0.804. The van der Waals surface area contributed by atoms with Gasteiger partial charge in [-0.2, -0.15) is 0 Å². The van der Waals surface area contributed by atoms with Gasteiger partial charge in [-0.25, -0.2) is 4.39 Å². The van der Waals surface area contributed by atoms with Crippen LogP contribution in [0.15, 0.2) is 18.2 Å². The van der Waals surface area contributed by atoms with Crippen LogP contribution in [-0.4, -0.2) is 5.91 Å². The number of amides is 1. The molecule has 66 valence electrons. The third-order valence-electron chi connectivity index (χ3n) is 1.35. The summed E-state index contributed by atoms with van der Waals surface area (Å²) in [6.45, 7) is 0. The summed E-state index contributed by atoms with van der Waals surface area (Å²) in [4.78, 5) is 10.3. The number of nitrogens with two attached hydrogens (primary N) is 2. The number of carbonyl (C=O) groups is 1. The molecule has 0 aliphatic carbocycles. The highest BCUT2D eigenvalue weighted by molar-refractivity contribution is 5.92. The van der Waals surface area contributed by atoms with Crippen LogP contribution in [-0.2, 0) is 4.79 Å². The number of hydrogen-bond acceptors (Lipinski definition) is 2. The Morgan fingerprint density at radius 1 is 1.46 bits per heavy atom. The maximum Gasteiger partial charge on any atom is 0.293 e. The van der Waals surface area contributed by atoms with Crippen molar-refractivity contribution < 1.29 is 9.18 Å². The molecule has 4 N–H and O–H groups in total. The second-order valence-electron chi connectivity index (χ2n) is 2.32. The van der Waals surface area contributed by atoms with Crippen LogP contribution >= 0.6 is 0 Å². The molecule has 0 radical (unpaired) electrons. The number of rotatable bonds is 0. The van der Waals surface area contributed by atoms with Gasteiger partial charge in [-0.1, -0.05) is 12.0 Å². The molecular weight excluding hydrogens is 171 g/mol. The van der Waals surface area contributed by atoms with E-state index in [1.54, 1.807) is 6.07 Å². The maximum absolute atomic E-state index is 13.1. The molecule has 0 aromatic heterocycles. The van der Waals surface area contributed by atoms with Gasteiger partial charge in [0, 0.05) is 5.92 Å². The van der Waals surface area contributed by atoms with Crippen molar-refractivity contribution in [1.82, 2.24) is 0 Å². The molecule has 0 fully saturated rings. The third-order valence-corrected chi connectivity index (χ3v) is 1.35. The number of benzene rings is 1. The van der Waals surface area contributed by atoms with E-state index in [1.165, 1.54) is 12.1 Å². The smallest absolute Gasteiger partial charge is 0.293 e. The van der Waals surface area contributed by atoms with Crippen LogP contribution in [0.2, 0.25) is 0 Å². The molecule has 0 heterocycles. The Labute approximate surface area is 74.5 Å². The van der Waals surface area contributed by atoms with E-state index >= 15 is 0 Å². The molecule has 0 aliphatic heterocycles. The first-order valence-corrected chi connectivity index (χ1v) is 3.46. The summed E-state index contributed by atoms with van der Waals surface area (Å²) in [6.07, 6.45) is 0. The number of anilines is 1. The number of hydrogen-bond donors (Lipinski definition) is 2. The van der Waals surface area contributed by atoms with E-state index in [1.807, 2.05) is 5.92 Å². The Morgan fingerprint density at radius 3 is 2.77 bits per heavy atom. The van der Waals surface area contributed by atoms with Crippen LogP contribution in [0.4, 0.5) is 10.1 Å². The average Bonchev–Trinajstić information content (AvgIpc) is 2.07. The summed E-state index contributed by atoms with van der Waals surface area (Å²) in [6, 6.07) is 4.37. The van der Waals surface area contributed by atoms with Gasteiger partial charge < -0.3 is 11.5 Å². The first-order chi connectivity index (χ1) is 6.11. The summed E-state index contributed by atoms with van der Waals surface area (Å²) < 4.78 is 13.1. The molecule has 0 spiro atoms. The molecular formula is C9H7FN2O. The molecule has 1 aromatic carbocycles. The van der Waals surface area contributed by atoms with Gasteiger partial charge >= 0.3 is 0 Å². The molecule has 1 aromatic rings. The molecule has 1 rings (SSSR count). The van der Waals surface area contributed by atoms with Crippen molar-refractivity contribution in [3.8, 4) is 11.8 Å². The van der Waals surface area contributed by atoms with Crippen molar-refractivity contribution >= 4 is 11.6 Å². The number of halogens is 1. The minimum absolute atomic E-state index is 0.00345. The van der Waals surface area contributed by atoms with Gasteiger partial charge in [0.1, 0.15) is 0 Å². The SMILES string of the molecule is NC(=O)C#Cc1cccc(N)c1F. The summed E-state index contributed by atoms with van der Waals surface area (Å²) in [7, 11) is 0. The third kappa shape index (κ3) is 2.20. The Balaban J connectivity index is 3.11. The molecule has 0 saturated carbocycles. The molecule has 1 amide bonds. The molecule has 4 heteroatoms. The molecule has 0 bridgehead atoms. The largest absolute Gasteiger partial charge is 0.396 e. The fraction of sp³-hybridized carbons (Fsp3) is 0. The topological polar surface area (TPSA) is 69.1 Å². The lowest BCUT2D eigenvalue weighted by molar-refractivity contribution is -0.112. The van der Waals surface area contributed by atoms with Crippen LogP contribution in [0.3, 0.4) is 0 Å². The van der Waals surface area contributed by atoms with Crippen LogP contribution in [0.1, 0.15) is 5.56 Å². The van der Waals surface area contributed by atoms with Crippen molar-refractivity contribution in [3.05, 3.63) is 29.6 Å². The van der Waals surface area contributed by atoms with Gasteiger partial charge in [-0.3, -0.25) is 4.79 Å². The quantitative estimate of drug-likeness (QED) is 0.441. The Kier molecular flexibility index (Phi) is 2.50. The molecule has 0 saturated heterocycles. The van der Waals surface area contributed by atoms with Gasteiger partial charge in [0.15, 0.2) is 5.82 Å². The highest BCUT2D eigenvalue weighted by Crippen LogP contribution is 2.12. The van der Waals surface area contributed by atoms with Crippen LogP contribution in [0.25, 0.3) is 0 Å². The van der Waals surface area contributed by atoms with Crippen molar-refractivity contribution in [1.29, 1.82) is 0 Å². The highest BCUT2D eigenvalue weighted by Gasteiger charge is 2.01. The number of primary amides is 1. The zero-order valence-electron chi connectivity index (χ0n) is 6.67. The van der Waals surface area contributed by atoms with Crippen LogP contribution < -0.4 is 11.5 Å². The molecule has 13 heavy (non-hydrogen) atoms. The van der Waals surface area contributed by atoms with Gasteiger partial charge in [0.05, 0.1) is 11.3 Å². The fourth-order valence-corrected chi connectivity index (χ4v) is 0.775. The maximum atomic E-state index is 13.1. The molecule has 0 atom stereocenters. The standard InChI is InChI=1S/C9H7FN2O/c10-9-6(4-5-8(12)13)2-1-3-7(9)11/h1-3H,11H2,(H2,12,13). The summed E-state index contributed by atoms with van der Waals surface area (Å²) >= 11 is 0. The first kappa shape index (κ1) is 9.07. The van der Waals surface area contributed by atoms with Crippen molar-refractivity contribution in [2.24, 2.45) is 5.73 Å². The van der Waals surface area contributed by atoms with E-state index in [0.717, 1.165) is 0 Å². The van der Waals surface area contributed by atoms with Gasteiger partial charge in [0.25, 0.3) is 5.91 Å². The zero-order chi connectivity index (χ0) is 9.84. The first-order valence-electron chi connectivity index (χ1n) is 3.46. The van der Waals surface area contributed by atoms with E-state index in [-0.39, 0.29) is 11.3 Å². The summed E-state index contributed by atoms with van der Waals surface area (Å²) in [5, 5.41) is 0. The van der Waals surface area contributed by atoms with Gasteiger partial charge in [-0.05, 0) is 12.1 Å². The zero-order valence-corrected chi connectivity index (χ0v) is 6.67. The van der Waals surface area contributed by atoms with Gasteiger partial charge in [0.2, 0.25) is 0 Å². The second-order valence-corrected chi connectivity index (χ2v) is 2.32. The molecule has 3 nitrogen and oxygen atoms in total. The number of nitrogen functional groups attached to an aromatic ring is 1. The van der Waals surface area contributed by atoms with E-state index < -0.39 is 11.7 Å². The predicted molar refractivity (Wildman–Crippen MR) is 46.9 cm³/mol. The normalized spacial score (nSPS) is 8.69. The van der Waals surface area contributed by atoms with Crippen molar-refractivity contribution in [2.45, 2.75) is 0 Å². The summed E-state index contributed by atoms with van der Waals surface area (Å²) in [5.41, 5.74) is 10.1. The Hall–Kier alpha value is -2.02. The van der Waals surface area contributed by atoms with Gasteiger partial charge in [-0.15, -0.1) is 0 Å². The predicted octanol–water partition coefficient (Wildman–Crippen LogP) is 0.245. The minimum Gasteiger partial charge on any atom is -0.396 e. The van der Waals surface area contributed by atoms with Crippen LogP contribution in [0, 0.1) is 17.7 Å². The monoisotopic (exact) mass is 178 g/mol. The lowest BCUT2D eigenvalue weighted by Gasteiger charge is -1.96. The second kappa shape index (κ2) is 3.59. The van der Waals surface area contributed by atoms with E-state index in [2.05, 4.69) is 5.92 Å². The van der Waals surface area contributed by atoms with Crippen molar-refractivity contribution in [2.75, 3.05) is 5.73 Å². The number of carbonyl (C=O) groups excluding carboxylic acids is 1. The fourth-order valence-electron chi connectivity index (χ4n) is 0.775. The van der Waals surface area contributed by atoms with Crippen LogP contribution in [0.5, 0.6) is 0 Å². The van der Waals surface area contributed by atoms with E-state index in [9.17, 15) is 9.18 Å². The Bertz CT molecular complexity index is 404.